The summed E-state index contributed by atoms with van der Waals surface area (Å²) in [6, 6.07) is 6.31. The van der Waals surface area contributed by atoms with Gasteiger partial charge in [-0.3, -0.25) is 0 Å². The van der Waals surface area contributed by atoms with Crippen molar-refractivity contribution in [2.24, 2.45) is 5.92 Å². The lowest BCUT2D eigenvalue weighted by molar-refractivity contribution is 0.158. The Morgan fingerprint density at radius 3 is 2.64 bits per heavy atom. The molecule has 5 rings (SSSR count). The molecule has 1 N–H and O–H groups in total. The highest BCUT2D eigenvalue weighted by molar-refractivity contribution is 7.89. The van der Waals surface area contributed by atoms with E-state index >= 15 is 0 Å². The number of aromatic nitrogens is 3. The van der Waals surface area contributed by atoms with Crippen molar-refractivity contribution in [1.82, 2.24) is 19.2 Å². The monoisotopic (exact) mass is 514 g/mol. The summed E-state index contributed by atoms with van der Waals surface area (Å²) in [5.74, 6) is 0.0790. The van der Waals surface area contributed by atoms with E-state index in [-0.39, 0.29) is 41.4 Å². The molecule has 36 heavy (non-hydrogen) atoms. The van der Waals surface area contributed by atoms with Gasteiger partial charge in [-0.1, -0.05) is 23.2 Å². The summed E-state index contributed by atoms with van der Waals surface area (Å²) in [4.78, 5) is 0.0786. The Hall–Kier alpha value is -2.82. The number of allylic oxidation sites excluding steroid dienone is 1. The van der Waals surface area contributed by atoms with E-state index in [0.717, 1.165) is 36.2 Å². The molecule has 2 heterocycles. The van der Waals surface area contributed by atoms with Crippen molar-refractivity contribution in [3.8, 4) is 5.69 Å². The first-order valence-corrected chi connectivity index (χ1v) is 13.7. The molecular formula is C26H31FN4O4S. The first-order chi connectivity index (χ1) is 17.1. The third-order valence-electron chi connectivity index (χ3n) is 7.39. The van der Waals surface area contributed by atoms with Gasteiger partial charge in [0.25, 0.3) is 0 Å². The maximum Gasteiger partial charge on any atom is 0.248 e. The Bertz CT molecular complexity index is 1400. The minimum Gasteiger partial charge on any atom is -0.392 e. The average Bonchev–Trinajstić information content (AvgIpc) is 3.51. The number of benzene rings is 1. The summed E-state index contributed by atoms with van der Waals surface area (Å²) in [5.41, 5.74) is 5.93. The predicted octanol–water partition coefficient (Wildman–Crippen LogP) is 4.05. The van der Waals surface area contributed by atoms with Gasteiger partial charge in [-0.15, -0.1) is 0 Å². The molecule has 0 aliphatic heterocycles. The summed E-state index contributed by atoms with van der Waals surface area (Å²) in [6.07, 6.45) is 3.51. The smallest absolute Gasteiger partial charge is 0.248 e. The number of halogens is 1. The number of sulfonamides is 1. The highest BCUT2D eigenvalue weighted by Crippen LogP contribution is 2.47. The van der Waals surface area contributed by atoms with E-state index in [9.17, 15) is 17.9 Å². The lowest BCUT2D eigenvalue weighted by Crippen LogP contribution is -2.40. The Labute approximate surface area is 210 Å². The summed E-state index contributed by atoms with van der Waals surface area (Å²) >= 11 is 0. The Kier molecular flexibility index (Phi) is 6.38. The van der Waals surface area contributed by atoms with Gasteiger partial charge in [0.15, 0.2) is 5.76 Å². The molecule has 10 heteroatoms. The van der Waals surface area contributed by atoms with Crippen LogP contribution in [-0.4, -0.2) is 52.0 Å². The van der Waals surface area contributed by atoms with Crippen LogP contribution in [0.4, 0.5) is 4.39 Å². The molecule has 2 aliphatic carbocycles. The fourth-order valence-corrected chi connectivity index (χ4v) is 7.72. The molecule has 2 aliphatic rings. The Balaban J connectivity index is 1.45. The van der Waals surface area contributed by atoms with E-state index in [4.69, 9.17) is 4.52 Å². The molecular weight excluding hydrogens is 483 g/mol. The molecule has 0 saturated heterocycles. The Morgan fingerprint density at radius 2 is 2.00 bits per heavy atom. The second-order valence-electron chi connectivity index (χ2n) is 9.95. The van der Waals surface area contributed by atoms with E-state index in [2.05, 4.69) is 17.2 Å². The third-order valence-corrected chi connectivity index (χ3v) is 9.46. The van der Waals surface area contributed by atoms with Crippen LogP contribution < -0.4 is 0 Å². The molecule has 0 radical (unpaired) electrons. The first-order valence-electron chi connectivity index (χ1n) is 12.2. The molecule has 2 aromatic heterocycles. The van der Waals surface area contributed by atoms with Crippen LogP contribution in [0.5, 0.6) is 0 Å². The third kappa shape index (κ3) is 4.21. The summed E-state index contributed by atoms with van der Waals surface area (Å²) in [5, 5.41) is 18.6. The molecule has 0 amide bonds. The van der Waals surface area contributed by atoms with Gasteiger partial charge in [-0.05, 0) is 63.8 Å². The van der Waals surface area contributed by atoms with Crippen molar-refractivity contribution in [2.45, 2.75) is 63.9 Å². The van der Waals surface area contributed by atoms with Gasteiger partial charge in [-0.2, -0.15) is 9.40 Å². The van der Waals surface area contributed by atoms with Gasteiger partial charge in [-0.25, -0.2) is 17.5 Å². The molecule has 0 unspecified atom stereocenters. The van der Waals surface area contributed by atoms with Gasteiger partial charge in [0.2, 0.25) is 10.0 Å². The molecule has 0 saturated carbocycles. The number of aliphatic hydroxyl groups excluding tert-OH is 1. The molecule has 192 valence electrons. The number of rotatable bonds is 7. The van der Waals surface area contributed by atoms with Crippen LogP contribution in [0.1, 0.15) is 55.3 Å². The minimum absolute atomic E-state index is 0.00631. The second-order valence-corrected chi connectivity index (χ2v) is 11.8. The van der Waals surface area contributed by atoms with Crippen LogP contribution in [0.25, 0.3) is 5.69 Å². The van der Waals surface area contributed by atoms with Gasteiger partial charge < -0.3 is 9.63 Å². The zero-order valence-corrected chi connectivity index (χ0v) is 21.7. The molecule has 8 nitrogen and oxygen atoms in total. The van der Waals surface area contributed by atoms with Crippen LogP contribution in [0.3, 0.4) is 0 Å². The maximum absolute atomic E-state index is 13.6. The van der Waals surface area contributed by atoms with E-state index < -0.39 is 16.1 Å². The predicted molar refractivity (Wildman–Crippen MR) is 132 cm³/mol. The van der Waals surface area contributed by atoms with E-state index in [1.54, 1.807) is 32.9 Å². The standard InChI is InChI=1S/C26H31FN4O4S/c1-15(32)13-30(36(33,34)26-17(3)29-35-18(26)4)14-20-6-5-19-11-24-23(16(2)25(19)20)12-28-31(24)22-9-7-21(27)8-10-22/h7-10,12,15-16,20,32H,5-6,11,13-14H2,1-4H3/t15-,16+,20-/m1/s1. The quantitative estimate of drug-likeness (QED) is 0.478. The van der Waals surface area contributed by atoms with Gasteiger partial charge >= 0.3 is 0 Å². The van der Waals surface area contributed by atoms with Crippen molar-refractivity contribution in [3.63, 3.8) is 0 Å². The lowest BCUT2D eigenvalue weighted by atomic mass is 9.80. The minimum atomic E-state index is -3.91. The summed E-state index contributed by atoms with van der Waals surface area (Å²) in [7, 11) is -3.91. The number of aryl methyl sites for hydroxylation is 2. The summed E-state index contributed by atoms with van der Waals surface area (Å²) < 4.78 is 49.1. The second kappa shape index (κ2) is 9.24. The zero-order valence-electron chi connectivity index (χ0n) is 20.9. The molecule has 0 spiro atoms. The largest absolute Gasteiger partial charge is 0.392 e. The molecule has 3 aromatic rings. The number of nitrogens with zero attached hydrogens (tertiary/aromatic N) is 4. The van der Waals surface area contributed by atoms with Gasteiger partial charge in [0.1, 0.15) is 16.4 Å². The lowest BCUT2D eigenvalue weighted by Gasteiger charge is -2.31. The van der Waals surface area contributed by atoms with Crippen molar-refractivity contribution in [2.75, 3.05) is 13.1 Å². The first kappa shape index (κ1) is 24.9. The van der Waals surface area contributed by atoms with E-state index in [1.165, 1.54) is 27.6 Å². The van der Waals surface area contributed by atoms with Crippen LogP contribution in [-0.2, 0) is 16.4 Å². The van der Waals surface area contributed by atoms with Crippen molar-refractivity contribution in [3.05, 3.63) is 70.1 Å². The fraction of sp³-hybridized carbons (Fsp3) is 0.462. The number of hydrogen-bond acceptors (Lipinski definition) is 6. The average molecular weight is 515 g/mol. The van der Waals surface area contributed by atoms with Crippen molar-refractivity contribution >= 4 is 10.0 Å². The zero-order chi connectivity index (χ0) is 25.8. The van der Waals surface area contributed by atoms with Crippen LogP contribution >= 0.6 is 0 Å². The fourth-order valence-electron chi connectivity index (χ4n) is 5.86. The normalized spacial score (nSPS) is 20.6. The van der Waals surface area contributed by atoms with Crippen LogP contribution in [0.15, 0.2) is 51.0 Å². The highest BCUT2D eigenvalue weighted by atomic mass is 32.2. The van der Waals surface area contributed by atoms with E-state index in [1.807, 2.05) is 10.9 Å². The van der Waals surface area contributed by atoms with Gasteiger partial charge in [0.05, 0.1) is 23.7 Å². The number of hydrogen-bond donors (Lipinski definition) is 1. The topological polar surface area (TPSA) is 101 Å². The van der Waals surface area contributed by atoms with Gasteiger partial charge in [0, 0.05) is 31.0 Å². The number of fused-ring (bicyclic) bond motifs is 1. The SMILES string of the molecule is Cc1noc(C)c1S(=O)(=O)N(C[C@H]1CCC2=C1[C@@H](C)c1cnn(-c3ccc(F)cc3)c1C2)C[C@@H](C)O. The van der Waals surface area contributed by atoms with Crippen LogP contribution in [0, 0.1) is 25.6 Å². The van der Waals surface area contributed by atoms with Crippen LogP contribution in [0.2, 0.25) is 0 Å². The van der Waals surface area contributed by atoms with Crippen molar-refractivity contribution in [1.29, 1.82) is 0 Å². The van der Waals surface area contributed by atoms with Crippen molar-refractivity contribution < 1.29 is 22.4 Å². The highest BCUT2D eigenvalue weighted by Gasteiger charge is 2.40. The molecule has 3 atom stereocenters. The molecule has 0 bridgehead atoms. The molecule has 0 fully saturated rings. The molecule has 1 aromatic carbocycles. The maximum atomic E-state index is 13.6. The Morgan fingerprint density at radius 1 is 1.28 bits per heavy atom. The van der Waals surface area contributed by atoms with E-state index in [0.29, 0.717) is 5.69 Å². The number of aliphatic hydroxyl groups is 1. The summed E-state index contributed by atoms with van der Waals surface area (Å²) in [6.45, 7) is 7.21.